The average molecular weight is 511 g/mol. The summed E-state index contributed by atoms with van der Waals surface area (Å²) in [5, 5.41) is 0. The summed E-state index contributed by atoms with van der Waals surface area (Å²) >= 11 is 0. The van der Waals surface area contributed by atoms with Gasteiger partial charge in [-0.1, -0.05) is 41.5 Å². The van der Waals surface area contributed by atoms with Gasteiger partial charge < -0.3 is 14.7 Å². The van der Waals surface area contributed by atoms with Crippen LogP contribution in [-0.2, 0) is 0 Å². The van der Waals surface area contributed by atoms with Gasteiger partial charge in [0.1, 0.15) is 0 Å². The molecule has 3 unspecified atom stereocenters. The Morgan fingerprint density at radius 3 is 0.861 bits per heavy atom. The monoisotopic (exact) mass is 511 g/mol. The van der Waals surface area contributed by atoms with Crippen LogP contribution >= 0.6 is 0 Å². The Morgan fingerprint density at radius 1 is 0.444 bits per heavy atom. The topological polar surface area (TPSA) is 19.4 Å². The van der Waals surface area contributed by atoms with Crippen LogP contribution in [0.5, 0.6) is 0 Å². The molecule has 36 heavy (non-hydrogen) atoms. The van der Waals surface area contributed by atoms with Gasteiger partial charge in [-0.15, -0.1) is 0 Å². The van der Waals surface area contributed by atoms with Gasteiger partial charge in [0.2, 0.25) is 0 Å². The van der Waals surface area contributed by atoms with E-state index in [-0.39, 0.29) is 0 Å². The molecule has 0 spiro atoms. The fourth-order valence-electron chi connectivity index (χ4n) is 5.67. The maximum absolute atomic E-state index is 2.77. The van der Waals surface area contributed by atoms with Crippen molar-refractivity contribution in [1.82, 2.24) is 29.4 Å². The second-order valence-corrected chi connectivity index (χ2v) is 11.2. The van der Waals surface area contributed by atoms with Crippen molar-refractivity contribution < 1.29 is 0 Å². The van der Waals surface area contributed by atoms with Crippen LogP contribution in [0.25, 0.3) is 0 Å². The Morgan fingerprint density at radius 2 is 0.667 bits per heavy atom. The van der Waals surface area contributed by atoms with Crippen LogP contribution in [0, 0.1) is 0 Å². The normalized spacial score (nSPS) is 19.0. The number of hydrogen-bond donors (Lipinski definition) is 0. The molecule has 1 rings (SSSR count). The third-order valence-electron chi connectivity index (χ3n) is 8.93. The zero-order valence-corrected chi connectivity index (χ0v) is 26.1. The SMILES string of the molecule is CCN(CC)CCCC(C)N1CN(C(C)CCCN(CC)CC)CN(C(C)CCCN(CC)CC)C1. The first kappa shape index (κ1) is 33.8. The first-order valence-corrected chi connectivity index (χ1v) is 15.7. The van der Waals surface area contributed by atoms with Crippen LogP contribution in [0.4, 0.5) is 0 Å². The third-order valence-corrected chi connectivity index (χ3v) is 8.93. The maximum Gasteiger partial charge on any atom is 0.0535 e. The molecule has 1 fully saturated rings. The van der Waals surface area contributed by atoms with Crippen LogP contribution in [0.2, 0.25) is 0 Å². The molecule has 0 radical (unpaired) electrons. The van der Waals surface area contributed by atoms with Crippen LogP contribution in [0.15, 0.2) is 0 Å². The highest BCUT2D eigenvalue weighted by atomic mass is 15.5. The molecule has 6 heteroatoms. The number of rotatable bonds is 21. The lowest BCUT2D eigenvalue weighted by atomic mass is 10.1. The molecular weight excluding hydrogens is 444 g/mol. The molecule has 1 heterocycles. The zero-order valence-electron chi connectivity index (χ0n) is 26.1. The highest BCUT2D eigenvalue weighted by molar-refractivity contribution is 4.81. The molecule has 0 aromatic heterocycles. The van der Waals surface area contributed by atoms with Crippen LogP contribution in [0.3, 0.4) is 0 Å². The lowest BCUT2D eigenvalue weighted by Gasteiger charge is -2.49. The van der Waals surface area contributed by atoms with Gasteiger partial charge in [0, 0.05) is 18.1 Å². The molecule has 0 aromatic carbocycles. The van der Waals surface area contributed by atoms with Gasteiger partial charge in [-0.25, -0.2) is 0 Å². The highest BCUT2D eigenvalue weighted by Crippen LogP contribution is 2.21. The van der Waals surface area contributed by atoms with Gasteiger partial charge in [-0.2, -0.15) is 0 Å². The Kier molecular flexibility index (Phi) is 18.6. The lowest BCUT2D eigenvalue weighted by molar-refractivity contribution is -0.0821. The number of hydrogen-bond acceptors (Lipinski definition) is 6. The van der Waals surface area contributed by atoms with E-state index in [2.05, 4.69) is 91.7 Å². The van der Waals surface area contributed by atoms with Gasteiger partial charge >= 0.3 is 0 Å². The minimum atomic E-state index is 0.636. The van der Waals surface area contributed by atoms with E-state index in [9.17, 15) is 0 Å². The van der Waals surface area contributed by atoms with Crippen molar-refractivity contribution in [3.8, 4) is 0 Å². The molecule has 0 saturated carbocycles. The molecule has 0 aromatic rings. The van der Waals surface area contributed by atoms with Gasteiger partial charge in [-0.3, -0.25) is 14.7 Å². The molecule has 216 valence electrons. The summed E-state index contributed by atoms with van der Waals surface area (Å²) in [5.41, 5.74) is 0. The maximum atomic E-state index is 2.77. The van der Waals surface area contributed by atoms with E-state index < -0.39 is 0 Å². The Balaban J connectivity index is 2.74. The molecule has 6 nitrogen and oxygen atoms in total. The van der Waals surface area contributed by atoms with E-state index >= 15 is 0 Å². The van der Waals surface area contributed by atoms with Crippen molar-refractivity contribution in [2.24, 2.45) is 0 Å². The van der Waals surface area contributed by atoms with Crippen molar-refractivity contribution in [3.05, 3.63) is 0 Å². The fraction of sp³-hybridized carbons (Fsp3) is 1.00. The third kappa shape index (κ3) is 12.5. The summed E-state index contributed by atoms with van der Waals surface area (Å²) in [7, 11) is 0. The van der Waals surface area contributed by atoms with Gasteiger partial charge in [0.05, 0.1) is 20.0 Å². The largest absolute Gasteiger partial charge is 0.304 e. The van der Waals surface area contributed by atoms with Crippen molar-refractivity contribution >= 4 is 0 Å². The Bertz CT molecular complexity index is 428. The van der Waals surface area contributed by atoms with Crippen molar-refractivity contribution in [2.75, 3.05) is 78.9 Å². The van der Waals surface area contributed by atoms with Crippen molar-refractivity contribution in [3.63, 3.8) is 0 Å². The summed E-state index contributed by atoms with van der Waals surface area (Å²) < 4.78 is 0. The summed E-state index contributed by atoms with van der Waals surface area (Å²) in [6.07, 6.45) is 7.80. The first-order chi connectivity index (χ1) is 17.3. The molecule has 0 amide bonds. The minimum absolute atomic E-state index is 0.636. The van der Waals surface area contributed by atoms with E-state index in [4.69, 9.17) is 0 Å². The quantitative estimate of drug-likeness (QED) is 0.207. The number of nitrogens with zero attached hydrogens (tertiary/aromatic N) is 6. The second-order valence-electron chi connectivity index (χ2n) is 11.2. The molecule has 1 aliphatic heterocycles. The summed E-state index contributed by atoms with van der Waals surface area (Å²) in [5.74, 6) is 0. The van der Waals surface area contributed by atoms with Gasteiger partial charge in [0.15, 0.2) is 0 Å². The van der Waals surface area contributed by atoms with E-state index in [1.807, 2.05) is 0 Å². The van der Waals surface area contributed by atoms with E-state index in [0.29, 0.717) is 18.1 Å². The molecule has 0 aliphatic carbocycles. The smallest absolute Gasteiger partial charge is 0.0535 e. The fourth-order valence-corrected chi connectivity index (χ4v) is 5.67. The highest BCUT2D eigenvalue weighted by Gasteiger charge is 2.31. The standard InChI is InChI=1S/C30H66N6/c1-10-31(11-2)22-16-19-28(7)34-25-35(29(8)20-17-23-32(12-3)13-4)27-36(26-34)30(9)21-18-24-33(14-5)15-6/h28-30H,10-27H2,1-9H3. The van der Waals surface area contributed by atoms with Gasteiger partial charge in [0.25, 0.3) is 0 Å². The van der Waals surface area contributed by atoms with Crippen LogP contribution in [0.1, 0.15) is 101 Å². The first-order valence-electron chi connectivity index (χ1n) is 15.7. The molecular formula is C30H66N6. The van der Waals surface area contributed by atoms with Gasteiger partial charge in [-0.05, 0) is 118 Å². The van der Waals surface area contributed by atoms with E-state index in [1.165, 1.54) is 97.4 Å². The van der Waals surface area contributed by atoms with Crippen LogP contribution < -0.4 is 0 Å². The molecule has 1 saturated heterocycles. The molecule has 1 aliphatic rings. The average Bonchev–Trinajstić information content (AvgIpc) is 2.90. The molecule has 3 atom stereocenters. The molecule has 0 bridgehead atoms. The summed E-state index contributed by atoms with van der Waals surface area (Å²) in [4.78, 5) is 16.0. The Labute approximate surface area is 227 Å². The molecule has 0 N–H and O–H groups in total. The minimum Gasteiger partial charge on any atom is -0.304 e. The second kappa shape index (κ2) is 19.8. The summed E-state index contributed by atoms with van der Waals surface area (Å²) in [6.45, 7) is 35.3. The van der Waals surface area contributed by atoms with E-state index in [1.54, 1.807) is 0 Å². The predicted molar refractivity (Wildman–Crippen MR) is 160 cm³/mol. The van der Waals surface area contributed by atoms with E-state index in [0.717, 1.165) is 20.0 Å². The van der Waals surface area contributed by atoms with Crippen molar-refractivity contribution in [2.45, 2.75) is 119 Å². The predicted octanol–water partition coefficient (Wildman–Crippen LogP) is 5.31. The zero-order chi connectivity index (χ0) is 26.9. The van der Waals surface area contributed by atoms with Crippen LogP contribution in [-0.4, -0.2) is 126 Å². The van der Waals surface area contributed by atoms with Crippen molar-refractivity contribution in [1.29, 1.82) is 0 Å². The lowest BCUT2D eigenvalue weighted by Crippen LogP contribution is -2.61. The summed E-state index contributed by atoms with van der Waals surface area (Å²) in [6, 6.07) is 1.91. The Hall–Kier alpha value is -0.240.